The Bertz CT molecular complexity index is 675. The lowest BCUT2D eigenvalue weighted by atomic mass is 10.2. The fourth-order valence-electron chi connectivity index (χ4n) is 2.83. The van der Waals surface area contributed by atoms with E-state index in [1.807, 2.05) is 35.4 Å². The Labute approximate surface area is 146 Å². The lowest BCUT2D eigenvalue weighted by Crippen LogP contribution is -2.37. The van der Waals surface area contributed by atoms with E-state index < -0.39 is 0 Å². The van der Waals surface area contributed by atoms with Crippen molar-refractivity contribution < 1.29 is 9.53 Å². The number of carbonyl (C=O) groups excluding carboxylic acids is 1. The van der Waals surface area contributed by atoms with Gasteiger partial charge in [-0.15, -0.1) is 11.8 Å². The van der Waals surface area contributed by atoms with Crippen molar-refractivity contribution in [1.29, 1.82) is 0 Å². The van der Waals surface area contributed by atoms with Crippen LogP contribution in [-0.4, -0.2) is 46.3 Å². The normalized spacial score (nSPS) is 17.0. The summed E-state index contributed by atoms with van der Waals surface area (Å²) in [5.41, 5.74) is 1.51. The molecule has 0 bridgehead atoms. The van der Waals surface area contributed by atoms with Crippen molar-refractivity contribution >= 4 is 17.7 Å². The molecule has 24 heavy (non-hydrogen) atoms. The monoisotopic (exact) mass is 343 g/mol. The Morgan fingerprint density at radius 3 is 2.88 bits per heavy atom. The maximum Gasteiger partial charge on any atom is 0.257 e. The fraction of sp³-hybridized carbons (Fsp3) is 0.389. The molecule has 126 valence electrons. The van der Waals surface area contributed by atoms with Crippen LogP contribution in [0.5, 0.6) is 0 Å². The van der Waals surface area contributed by atoms with Crippen LogP contribution in [-0.2, 0) is 11.3 Å². The molecule has 3 heterocycles. The minimum absolute atomic E-state index is 0.0198. The van der Waals surface area contributed by atoms with Gasteiger partial charge in [-0.1, -0.05) is 6.07 Å². The Kier molecular flexibility index (Phi) is 5.82. The highest BCUT2D eigenvalue weighted by molar-refractivity contribution is 7.98. The van der Waals surface area contributed by atoms with E-state index in [4.69, 9.17) is 4.74 Å². The number of thioether (sulfide) groups is 1. The third kappa shape index (κ3) is 4.13. The third-order valence-electron chi connectivity index (χ3n) is 4.01. The molecule has 0 aromatic carbocycles. The molecule has 0 saturated carbocycles. The van der Waals surface area contributed by atoms with Crippen molar-refractivity contribution in [2.45, 2.75) is 30.5 Å². The van der Waals surface area contributed by atoms with Crippen LogP contribution < -0.4 is 0 Å². The van der Waals surface area contributed by atoms with Gasteiger partial charge in [-0.25, -0.2) is 4.98 Å². The molecule has 0 radical (unpaired) electrons. The maximum absolute atomic E-state index is 13.1. The van der Waals surface area contributed by atoms with Crippen molar-refractivity contribution in [3.8, 4) is 0 Å². The van der Waals surface area contributed by atoms with Gasteiger partial charge in [-0.05, 0) is 43.4 Å². The number of pyridine rings is 2. The predicted octanol–water partition coefficient (Wildman–Crippen LogP) is 3.02. The first-order chi connectivity index (χ1) is 11.8. The summed E-state index contributed by atoms with van der Waals surface area (Å²) >= 11 is 1.48. The molecule has 5 nitrogen and oxygen atoms in total. The van der Waals surface area contributed by atoms with E-state index in [-0.39, 0.29) is 12.0 Å². The molecular formula is C18H21N3O2S. The topological polar surface area (TPSA) is 55.3 Å². The smallest absolute Gasteiger partial charge is 0.257 e. The van der Waals surface area contributed by atoms with Gasteiger partial charge < -0.3 is 9.64 Å². The Morgan fingerprint density at radius 2 is 2.17 bits per heavy atom. The first kappa shape index (κ1) is 16.9. The van der Waals surface area contributed by atoms with Crippen molar-refractivity contribution in [3.63, 3.8) is 0 Å². The molecule has 0 aliphatic carbocycles. The predicted molar refractivity (Wildman–Crippen MR) is 94.0 cm³/mol. The van der Waals surface area contributed by atoms with Crippen LogP contribution in [0, 0.1) is 0 Å². The highest BCUT2D eigenvalue weighted by atomic mass is 32.2. The molecule has 1 amide bonds. The molecule has 3 rings (SSSR count). The minimum atomic E-state index is -0.0198. The SMILES string of the molecule is CSc1ncccc1C(=O)N(Cc1ccccn1)CC1CCCO1. The lowest BCUT2D eigenvalue weighted by Gasteiger charge is -2.25. The molecule has 1 unspecified atom stereocenters. The molecule has 2 aromatic heterocycles. The largest absolute Gasteiger partial charge is 0.376 e. The van der Waals surface area contributed by atoms with Gasteiger partial charge in [0, 0.05) is 25.5 Å². The van der Waals surface area contributed by atoms with Crippen LogP contribution in [0.2, 0.25) is 0 Å². The first-order valence-corrected chi connectivity index (χ1v) is 9.30. The molecule has 1 fully saturated rings. The summed E-state index contributed by atoms with van der Waals surface area (Å²) in [4.78, 5) is 23.6. The third-order valence-corrected chi connectivity index (χ3v) is 4.72. The van der Waals surface area contributed by atoms with E-state index in [1.54, 1.807) is 18.5 Å². The summed E-state index contributed by atoms with van der Waals surface area (Å²) in [5, 5.41) is 0.751. The fourth-order valence-corrected chi connectivity index (χ4v) is 3.37. The van der Waals surface area contributed by atoms with Crippen LogP contribution in [0.25, 0.3) is 0 Å². The minimum Gasteiger partial charge on any atom is -0.376 e. The van der Waals surface area contributed by atoms with Crippen molar-refractivity contribution in [1.82, 2.24) is 14.9 Å². The number of hydrogen-bond acceptors (Lipinski definition) is 5. The second kappa shape index (κ2) is 8.26. The standard InChI is InChI=1S/C18H21N3O2S/c1-24-17-16(8-4-10-20-17)18(22)21(13-15-7-5-11-23-15)12-14-6-2-3-9-19-14/h2-4,6,8-10,15H,5,7,11-13H2,1H3. The maximum atomic E-state index is 13.1. The van der Waals surface area contributed by atoms with Gasteiger partial charge in [0.05, 0.1) is 23.9 Å². The van der Waals surface area contributed by atoms with E-state index in [0.717, 1.165) is 30.2 Å². The summed E-state index contributed by atoms with van der Waals surface area (Å²) in [6.07, 6.45) is 7.55. The number of amides is 1. The molecule has 1 aliphatic rings. The summed E-state index contributed by atoms with van der Waals surface area (Å²) in [7, 11) is 0. The molecule has 2 aromatic rings. The number of aromatic nitrogens is 2. The Hall–Kier alpha value is -1.92. The van der Waals surface area contributed by atoms with Crippen molar-refractivity contribution in [3.05, 3.63) is 54.0 Å². The van der Waals surface area contributed by atoms with E-state index in [0.29, 0.717) is 18.7 Å². The van der Waals surface area contributed by atoms with E-state index in [1.165, 1.54) is 11.8 Å². The second-order valence-corrected chi connectivity index (χ2v) is 6.50. The summed E-state index contributed by atoms with van der Waals surface area (Å²) < 4.78 is 5.73. The van der Waals surface area contributed by atoms with Crippen LogP contribution in [0.4, 0.5) is 0 Å². The van der Waals surface area contributed by atoms with Gasteiger partial charge in [0.2, 0.25) is 0 Å². The highest BCUT2D eigenvalue weighted by Gasteiger charge is 2.25. The van der Waals surface area contributed by atoms with Crippen LogP contribution in [0.3, 0.4) is 0 Å². The Morgan fingerprint density at radius 1 is 1.29 bits per heavy atom. The first-order valence-electron chi connectivity index (χ1n) is 8.07. The number of nitrogens with zero attached hydrogens (tertiary/aromatic N) is 3. The molecule has 1 atom stereocenters. The average molecular weight is 343 g/mol. The summed E-state index contributed by atoms with van der Waals surface area (Å²) in [6, 6.07) is 9.39. The Balaban J connectivity index is 1.83. The number of ether oxygens (including phenoxy) is 1. The zero-order chi connectivity index (χ0) is 16.8. The molecule has 1 saturated heterocycles. The molecular weight excluding hydrogens is 322 g/mol. The second-order valence-electron chi connectivity index (χ2n) is 5.70. The van der Waals surface area contributed by atoms with Gasteiger partial charge >= 0.3 is 0 Å². The zero-order valence-electron chi connectivity index (χ0n) is 13.7. The molecule has 0 N–H and O–H groups in total. The van der Waals surface area contributed by atoms with E-state index in [2.05, 4.69) is 9.97 Å². The summed E-state index contributed by atoms with van der Waals surface area (Å²) in [6.45, 7) is 1.83. The number of rotatable bonds is 6. The van der Waals surface area contributed by atoms with Gasteiger partial charge in [0.1, 0.15) is 5.03 Å². The lowest BCUT2D eigenvalue weighted by molar-refractivity contribution is 0.0501. The van der Waals surface area contributed by atoms with Gasteiger partial charge in [-0.2, -0.15) is 0 Å². The van der Waals surface area contributed by atoms with Gasteiger partial charge in [0.25, 0.3) is 5.91 Å². The van der Waals surface area contributed by atoms with Gasteiger partial charge in [-0.3, -0.25) is 9.78 Å². The number of carbonyl (C=O) groups is 1. The van der Waals surface area contributed by atoms with Crippen LogP contribution in [0.15, 0.2) is 47.8 Å². The van der Waals surface area contributed by atoms with E-state index >= 15 is 0 Å². The van der Waals surface area contributed by atoms with Crippen LogP contribution in [0.1, 0.15) is 28.9 Å². The number of hydrogen-bond donors (Lipinski definition) is 0. The van der Waals surface area contributed by atoms with E-state index in [9.17, 15) is 4.79 Å². The molecule has 1 aliphatic heterocycles. The highest BCUT2D eigenvalue weighted by Crippen LogP contribution is 2.21. The quantitative estimate of drug-likeness (QED) is 0.755. The molecule has 0 spiro atoms. The molecule has 6 heteroatoms. The summed E-state index contributed by atoms with van der Waals surface area (Å²) in [5.74, 6) is -0.0198. The van der Waals surface area contributed by atoms with Gasteiger partial charge in [0.15, 0.2) is 0 Å². The van der Waals surface area contributed by atoms with Crippen molar-refractivity contribution in [2.75, 3.05) is 19.4 Å². The zero-order valence-corrected chi connectivity index (χ0v) is 14.5. The van der Waals surface area contributed by atoms with Crippen molar-refractivity contribution in [2.24, 2.45) is 0 Å². The van der Waals surface area contributed by atoms with Crippen LogP contribution >= 0.6 is 11.8 Å². The average Bonchev–Trinajstić information content (AvgIpc) is 3.14.